The van der Waals surface area contributed by atoms with Crippen molar-refractivity contribution >= 4 is 21.9 Å². The van der Waals surface area contributed by atoms with Crippen LogP contribution in [0.15, 0.2) is 46.9 Å². The zero-order chi connectivity index (χ0) is 16.8. The van der Waals surface area contributed by atoms with Gasteiger partial charge in [0.1, 0.15) is 17.0 Å². The van der Waals surface area contributed by atoms with Gasteiger partial charge in [0.2, 0.25) is 0 Å². The fraction of sp³-hybridized carbons (Fsp3) is 0.150. The third-order valence-electron chi connectivity index (χ3n) is 4.26. The standard InChI is InChI=1S/C20H17NO3/c1-11-4-9-15-16(10-11)19(22)17(18-20(15)24-12(2)21-18)13-5-7-14(23-3)8-6-13/h4-10,22H,1-3H3. The van der Waals surface area contributed by atoms with Crippen molar-refractivity contribution in [1.82, 2.24) is 4.98 Å². The van der Waals surface area contributed by atoms with Crippen LogP contribution >= 0.6 is 0 Å². The molecule has 3 aromatic carbocycles. The number of nitrogens with zero attached hydrogens (tertiary/aromatic N) is 1. The van der Waals surface area contributed by atoms with Crippen LogP contribution in [0.3, 0.4) is 0 Å². The van der Waals surface area contributed by atoms with Gasteiger partial charge in [0.25, 0.3) is 0 Å². The summed E-state index contributed by atoms with van der Waals surface area (Å²) in [7, 11) is 1.63. The summed E-state index contributed by atoms with van der Waals surface area (Å²) in [5.41, 5.74) is 4.00. The van der Waals surface area contributed by atoms with Gasteiger partial charge in [-0.1, -0.05) is 29.8 Å². The predicted octanol–water partition coefficient (Wildman–Crippen LogP) is 4.98. The van der Waals surface area contributed by atoms with E-state index in [1.165, 1.54) is 0 Å². The van der Waals surface area contributed by atoms with Crippen LogP contribution < -0.4 is 4.74 Å². The van der Waals surface area contributed by atoms with E-state index >= 15 is 0 Å². The van der Waals surface area contributed by atoms with E-state index in [0.717, 1.165) is 27.6 Å². The van der Waals surface area contributed by atoms with E-state index in [1.54, 1.807) is 7.11 Å². The number of phenolic OH excluding ortho intramolecular Hbond substituents is 1. The molecule has 120 valence electrons. The van der Waals surface area contributed by atoms with Gasteiger partial charge in [-0.15, -0.1) is 0 Å². The molecule has 0 saturated carbocycles. The molecule has 0 spiro atoms. The highest BCUT2D eigenvalue weighted by molar-refractivity contribution is 6.14. The lowest BCUT2D eigenvalue weighted by molar-refractivity contribution is 0.415. The van der Waals surface area contributed by atoms with E-state index in [4.69, 9.17) is 9.15 Å². The van der Waals surface area contributed by atoms with Crippen LogP contribution in [0.1, 0.15) is 11.5 Å². The molecule has 0 radical (unpaired) electrons. The second kappa shape index (κ2) is 5.27. The summed E-state index contributed by atoms with van der Waals surface area (Å²) in [6.07, 6.45) is 0. The molecule has 0 atom stereocenters. The largest absolute Gasteiger partial charge is 0.507 e. The molecular formula is C20H17NO3. The Morgan fingerprint density at radius 1 is 1.00 bits per heavy atom. The molecule has 0 aliphatic heterocycles. The molecule has 0 fully saturated rings. The third-order valence-corrected chi connectivity index (χ3v) is 4.26. The second-order valence-corrected chi connectivity index (χ2v) is 5.91. The number of rotatable bonds is 2. The quantitative estimate of drug-likeness (QED) is 0.566. The first-order chi connectivity index (χ1) is 11.6. The maximum atomic E-state index is 10.9. The average Bonchev–Trinajstić information content (AvgIpc) is 2.97. The van der Waals surface area contributed by atoms with E-state index in [2.05, 4.69) is 4.98 Å². The lowest BCUT2D eigenvalue weighted by Gasteiger charge is -2.11. The van der Waals surface area contributed by atoms with Gasteiger partial charge in [0.05, 0.1) is 12.7 Å². The molecule has 4 nitrogen and oxygen atoms in total. The van der Waals surface area contributed by atoms with Crippen LogP contribution in [0.25, 0.3) is 33.0 Å². The van der Waals surface area contributed by atoms with Gasteiger partial charge >= 0.3 is 0 Å². The minimum absolute atomic E-state index is 0.222. The number of aromatic nitrogens is 1. The summed E-state index contributed by atoms with van der Waals surface area (Å²) < 4.78 is 11.1. The molecule has 0 aliphatic rings. The fourth-order valence-corrected chi connectivity index (χ4v) is 3.11. The number of hydrogen-bond donors (Lipinski definition) is 1. The van der Waals surface area contributed by atoms with Crippen molar-refractivity contribution in [3.8, 4) is 22.6 Å². The number of aryl methyl sites for hydroxylation is 2. The highest BCUT2D eigenvalue weighted by atomic mass is 16.5. The molecule has 1 heterocycles. The van der Waals surface area contributed by atoms with Crippen molar-refractivity contribution in [3.05, 3.63) is 53.9 Å². The number of fused-ring (bicyclic) bond motifs is 3. The van der Waals surface area contributed by atoms with Gasteiger partial charge in [-0.2, -0.15) is 0 Å². The summed E-state index contributed by atoms with van der Waals surface area (Å²) in [5, 5.41) is 12.6. The van der Waals surface area contributed by atoms with Crippen molar-refractivity contribution in [2.45, 2.75) is 13.8 Å². The number of aromatic hydroxyl groups is 1. The monoisotopic (exact) mass is 319 g/mol. The first-order valence-corrected chi connectivity index (χ1v) is 7.75. The Morgan fingerprint density at radius 2 is 1.75 bits per heavy atom. The zero-order valence-electron chi connectivity index (χ0n) is 13.8. The molecular weight excluding hydrogens is 302 g/mol. The molecule has 1 N–H and O–H groups in total. The lowest BCUT2D eigenvalue weighted by Crippen LogP contribution is -1.87. The van der Waals surface area contributed by atoms with Crippen molar-refractivity contribution in [2.24, 2.45) is 0 Å². The van der Waals surface area contributed by atoms with Gasteiger partial charge in [-0.3, -0.25) is 0 Å². The summed E-state index contributed by atoms with van der Waals surface area (Å²) in [6.45, 7) is 3.82. The number of methoxy groups -OCH3 is 1. The minimum Gasteiger partial charge on any atom is -0.507 e. The number of oxazole rings is 1. The van der Waals surface area contributed by atoms with Gasteiger partial charge < -0.3 is 14.3 Å². The summed E-state index contributed by atoms with van der Waals surface area (Å²) in [6, 6.07) is 13.5. The molecule has 0 saturated heterocycles. The first-order valence-electron chi connectivity index (χ1n) is 7.75. The first kappa shape index (κ1) is 14.6. The molecule has 0 bridgehead atoms. The minimum atomic E-state index is 0.222. The van der Waals surface area contributed by atoms with Crippen molar-refractivity contribution in [3.63, 3.8) is 0 Å². The van der Waals surface area contributed by atoms with Gasteiger partial charge in [0, 0.05) is 17.7 Å². The number of ether oxygens (including phenoxy) is 1. The number of phenols is 1. The van der Waals surface area contributed by atoms with E-state index in [1.807, 2.05) is 56.3 Å². The van der Waals surface area contributed by atoms with Crippen LogP contribution in [-0.4, -0.2) is 17.2 Å². The Hall–Kier alpha value is -3.01. The van der Waals surface area contributed by atoms with Crippen LogP contribution in [0.2, 0.25) is 0 Å². The normalized spacial score (nSPS) is 11.3. The van der Waals surface area contributed by atoms with Gasteiger partial charge in [-0.25, -0.2) is 4.98 Å². The lowest BCUT2D eigenvalue weighted by atomic mass is 9.96. The predicted molar refractivity (Wildman–Crippen MR) is 94.6 cm³/mol. The van der Waals surface area contributed by atoms with E-state index in [-0.39, 0.29) is 5.75 Å². The van der Waals surface area contributed by atoms with Crippen LogP contribution in [0.5, 0.6) is 11.5 Å². The zero-order valence-corrected chi connectivity index (χ0v) is 13.8. The van der Waals surface area contributed by atoms with Crippen LogP contribution in [0.4, 0.5) is 0 Å². The molecule has 1 aromatic heterocycles. The fourth-order valence-electron chi connectivity index (χ4n) is 3.11. The third kappa shape index (κ3) is 2.11. The number of hydrogen-bond acceptors (Lipinski definition) is 4. The molecule has 4 heteroatoms. The van der Waals surface area contributed by atoms with Crippen LogP contribution in [0, 0.1) is 13.8 Å². The Balaban J connectivity index is 2.13. The Morgan fingerprint density at radius 3 is 2.46 bits per heavy atom. The molecule has 24 heavy (non-hydrogen) atoms. The summed E-state index contributed by atoms with van der Waals surface area (Å²) in [4.78, 5) is 4.51. The van der Waals surface area contributed by atoms with Gasteiger partial charge in [0.15, 0.2) is 11.5 Å². The second-order valence-electron chi connectivity index (χ2n) is 5.91. The average molecular weight is 319 g/mol. The molecule has 0 amide bonds. The maximum absolute atomic E-state index is 10.9. The topological polar surface area (TPSA) is 55.5 Å². The van der Waals surface area contributed by atoms with Crippen LogP contribution in [-0.2, 0) is 0 Å². The van der Waals surface area contributed by atoms with Crippen molar-refractivity contribution in [2.75, 3.05) is 7.11 Å². The van der Waals surface area contributed by atoms with Crippen molar-refractivity contribution in [1.29, 1.82) is 0 Å². The highest BCUT2D eigenvalue weighted by Gasteiger charge is 2.20. The van der Waals surface area contributed by atoms with E-state index in [9.17, 15) is 5.11 Å². The highest BCUT2D eigenvalue weighted by Crippen LogP contribution is 2.43. The maximum Gasteiger partial charge on any atom is 0.192 e. The summed E-state index contributed by atoms with van der Waals surface area (Å²) >= 11 is 0. The molecule has 4 aromatic rings. The SMILES string of the molecule is COc1ccc(-c2c(O)c3cc(C)ccc3c3oc(C)nc23)cc1. The Kier molecular flexibility index (Phi) is 3.20. The van der Waals surface area contributed by atoms with Crippen molar-refractivity contribution < 1.29 is 14.3 Å². The van der Waals surface area contributed by atoms with E-state index in [0.29, 0.717) is 22.6 Å². The smallest absolute Gasteiger partial charge is 0.192 e. The molecule has 0 unspecified atom stereocenters. The Labute approximate surface area is 139 Å². The summed E-state index contributed by atoms with van der Waals surface area (Å²) in [5.74, 6) is 1.56. The number of benzene rings is 3. The van der Waals surface area contributed by atoms with Gasteiger partial charge in [-0.05, 0) is 30.7 Å². The van der Waals surface area contributed by atoms with E-state index < -0.39 is 0 Å². The molecule has 4 rings (SSSR count). The molecule has 0 aliphatic carbocycles. The Bertz CT molecular complexity index is 1060.